The van der Waals surface area contributed by atoms with Crippen LogP contribution in [-0.4, -0.2) is 55.0 Å². The molecule has 2 heterocycles. The van der Waals surface area contributed by atoms with Gasteiger partial charge in [0.15, 0.2) is 17.3 Å². The number of ether oxygens (including phenoxy) is 2. The fourth-order valence-electron chi connectivity index (χ4n) is 4.69. The number of carbonyl (C=O) groups is 3. The molecule has 39 heavy (non-hydrogen) atoms. The number of aliphatic imine (C=N–C) groups is 1. The number of rotatable bonds is 8. The molecule has 2 aliphatic heterocycles. The molecular weight excluding hydrogens is 541 g/mol. The van der Waals surface area contributed by atoms with Gasteiger partial charge in [-0.3, -0.25) is 19.4 Å². The van der Waals surface area contributed by atoms with Crippen molar-refractivity contribution in [3.05, 3.63) is 81.3 Å². The van der Waals surface area contributed by atoms with Crippen LogP contribution in [0.15, 0.2) is 59.6 Å². The summed E-state index contributed by atoms with van der Waals surface area (Å²) in [5, 5.41) is 3.41. The number of benzene rings is 3. The van der Waals surface area contributed by atoms with E-state index in [1.54, 1.807) is 54.7 Å². The normalized spacial score (nSPS) is 15.8. The number of nitrogens with zero attached hydrogens (tertiary/aromatic N) is 2. The SMILES string of the molecule is COc1cc2c(cc1OCCC(=O)Nc1ccc(Cl)cc1C(=O)c1ccccc1Cl)N=CC1CCCN1C2=O. The quantitative estimate of drug-likeness (QED) is 0.340. The average Bonchev–Trinajstić information content (AvgIpc) is 3.36. The highest BCUT2D eigenvalue weighted by Gasteiger charge is 2.32. The molecule has 0 radical (unpaired) electrons. The van der Waals surface area contributed by atoms with Crippen molar-refractivity contribution in [1.82, 2.24) is 4.90 Å². The minimum Gasteiger partial charge on any atom is -0.493 e. The molecule has 200 valence electrons. The molecule has 3 aromatic carbocycles. The summed E-state index contributed by atoms with van der Waals surface area (Å²) in [6, 6.07) is 14.6. The zero-order chi connectivity index (χ0) is 27.5. The fourth-order valence-corrected chi connectivity index (χ4v) is 5.08. The lowest BCUT2D eigenvalue weighted by molar-refractivity contribution is -0.116. The van der Waals surface area contributed by atoms with E-state index >= 15 is 0 Å². The summed E-state index contributed by atoms with van der Waals surface area (Å²) in [4.78, 5) is 45.3. The summed E-state index contributed by atoms with van der Waals surface area (Å²) in [7, 11) is 1.49. The molecule has 0 bridgehead atoms. The smallest absolute Gasteiger partial charge is 0.256 e. The van der Waals surface area contributed by atoms with E-state index in [4.69, 9.17) is 32.7 Å². The number of methoxy groups -OCH3 is 1. The van der Waals surface area contributed by atoms with Crippen LogP contribution in [0.3, 0.4) is 0 Å². The van der Waals surface area contributed by atoms with Gasteiger partial charge in [-0.1, -0.05) is 35.3 Å². The monoisotopic (exact) mass is 565 g/mol. The third kappa shape index (κ3) is 5.62. The highest BCUT2D eigenvalue weighted by molar-refractivity contribution is 6.36. The van der Waals surface area contributed by atoms with Gasteiger partial charge in [0.25, 0.3) is 5.91 Å². The standard InChI is InChI=1S/C29H25Cl2N3O5/c1-38-25-14-21-24(32-16-18-5-4-11-34(18)29(21)37)15-26(25)39-12-10-27(35)33-23-9-8-17(30)13-20(23)28(36)19-6-2-3-7-22(19)31/h2-3,6-9,13-16,18H,4-5,10-12H2,1H3,(H,33,35). The number of fused-ring (bicyclic) bond motifs is 2. The molecule has 1 fully saturated rings. The summed E-state index contributed by atoms with van der Waals surface area (Å²) in [5.74, 6) is -0.0647. The Balaban J connectivity index is 1.28. The van der Waals surface area contributed by atoms with E-state index in [1.807, 2.05) is 4.90 Å². The molecule has 0 spiro atoms. The zero-order valence-electron chi connectivity index (χ0n) is 21.1. The number of anilines is 1. The van der Waals surface area contributed by atoms with Crippen molar-refractivity contribution in [2.75, 3.05) is 25.6 Å². The second-order valence-corrected chi connectivity index (χ2v) is 10.00. The number of carbonyl (C=O) groups excluding carboxylic acids is 3. The molecule has 0 aromatic heterocycles. The number of amides is 2. The molecule has 0 aliphatic carbocycles. The Bertz CT molecular complexity index is 1490. The second kappa shape index (κ2) is 11.5. The summed E-state index contributed by atoms with van der Waals surface area (Å²) in [6.07, 6.45) is 3.62. The van der Waals surface area contributed by atoms with Gasteiger partial charge in [-0.05, 0) is 49.2 Å². The van der Waals surface area contributed by atoms with E-state index in [1.165, 1.54) is 13.2 Å². The van der Waals surface area contributed by atoms with Gasteiger partial charge in [0, 0.05) is 35.0 Å². The number of hydrogen-bond donors (Lipinski definition) is 1. The van der Waals surface area contributed by atoms with Gasteiger partial charge in [-0.15, -0.1) is 0 Å². The van der Waals surface area contributed by atoms with Crippen LogP contribution in [0.1, 0.15) is 45.5 Å². The third-order valence-corrected chi connectivity index (χ3v) is 7.23. The average molecular weight is 566 g/mol. The van der Waals surface area contributed by atoms with E-state index in [9.17, 15) is 14.4 Å². The van der Waals surface area contributed by atoms with Crippen LogP contribution in [0.25, 0.3) is 0 Å². The van der Waals surface area contributed by atoms with Crippen molar-refractivity contribution in [2.24, 2.45) is 4.99 Å². The van der Waals surface area contributed by atoms with Crippen LogP contribution in [0, 0.1) is 0 Å². The van der Waals surface area contributed by atoms with E-state index in [0.717, 1.165) is 12.8 Å². The first-order chi connectivity index (χ1) is 18.9. The molecule has 1 N–H and O–H groups in total. The molecular formula is C29H25Cl2N3O5. The Morgan fingerprint density at radius 3 is 2.69 bits per heavy atom. The molecule has 3 aromatic rings. The lowest BCUT2D eigenvalue weighted by Crippen LogP contribution is -2.35. The van der Waals surface area contributed by atoms with E-state index in [-0.39, 0.29) is 42.2 Å². The molecule has 0 saturated carbocycles. The Morgan fingerprint density at radius 1 is 1.08 bits per heavy atom. The van der Waals surface area contributed by atoms with Gasteiger partial charge in [-0.2, -0.15) is 0 Å². The molecule has 1 saturated heterocycles. The highest BCUT2D eigenvalue weighted by atomic mass is 35.5. The van der Waals surface area contributed by atoms with Crippen molar-refractivity contribution >= 4 is 58.4 Å². The predicted molar refractivity (Wildman–Crippen MR) is 150 cm³/mol. The maximum absolute atomic E-state index is 13.1. The predicted octanol–water partition coefficient (Wildman–Crippen LogP) is 5.96. The number of ketones is 1. The van der Waals surface area contributed by atoms with Gasteiger partial charge in [0.1, 0.15) is 0 Å². The van der Waals surface area contributed by atoms with Crippen LogP contribution < -0.4 is 14.8 Å². The molecule has 1 unspecified atom stereocenters. The molecule has 5 rings (SSSR count). The van der Waals surface area contributed by atoms with Crippen molar-refractivity contribution < 1.29 is 23.9 Å². The van der Waals surface area contributed by atoms with Gasteiger partial charge >= 0.3 is 0 Å². The second-order valence-electron chi connectivity index (χ2n) is 9.15. The van der Waals surface area contributed by atoms with Crippen LogP contribution in [0.4, 0.5) is 11.4 Å². The van der Waals surface area contributed by atoms with Crippen molar-refractivity contribution in [1.29, 1.82) is 0 Å². The van der Waals surface area contributed by atoms with Crippen LogP contribution in [0.5, 0.6) is 11.5 Å². The molecule has 2 amide bonds. The number of hydrogen-bond acceptors (Lipinski definition) is 6. The van der Waals surface area contributed by atoms with Gasteiger partial charge < -0.3 is 19.7 Å². The molecule has 10 heteroatoms. The van der Waals surface area contributed by atoms with Crippen LogP contribution in [-0.2, 0) is 4.79 Å². The first kappa shape index (κ1) is 26.7. The van der Waals surface area contributed by atoms with Gasteiger partial charge in [0.05, 0.1) is 48.1 Å². The maximum Gasteiger partial charge on any atom is 0.256 e. The van der Waals surface area contributed by atoms with E-state index in [0.29, 0.717) is 50.6 Å². The lowest BCUT2D eigenvalue weighted by atomic mass is 10.0. The first-order valence-electron chi connectivity index (χ1n) is 12.4. The van der Waals surface area contributed by atoms with E-state index < -0.39 is 0 Å². The summed E-state index contributed by atoms with van der Waals surface area (Å²) >= 11 is 12.3. The van der Waals surface area contributed by atoms with Gasteiger partial charge in [-0.25, -0.2) is 0 Å². The number of nitrogens with one attached hydrogen (secondary N) is 1. The lowest BCUT2D eigenvalue weighted by Gasteiger charge is -2.20. The van der Waals surface area contributed by atoms with Gasteiger partial charge in [0.2, 0.25) is 5.91 Å². The van der Waals surface area contributed by atoms with Crippen LogP contribution in [0.2, 0.25) is 10.0 Å². The van der Waals surface area contributed by atoms with Crippen molar-refractivity contribution in [2.45, 2.75) is 25.3 Å². The minimum absolute atomic E-state index is 0.00786. The number of halogens is 2. The Hall–Kier alpha value is -3.88. The summed E-state index contributed by atoms with van der Waals surface area (Å²) in [5.41, 5.74) is 1.79. The molecule has 2 aliphatic rings. The summed E-state index contributed by atoms with van der Waals surface area (Å²) < 4.78 is 11.3. The topological polar surface area (TPSA) is 97.3 Å². The molecule has 8 nitrogen and oxygen atoms in total. The Kier molecular flexibility index (Phi) is 7.86. The summed E-state index contributed by atoms with van der Waals surface area (Å²) in [6.45, 7) is 0.721. The Morgan fingerprint density at radius 2 is 1.90 bits per heavy atom. The zero-order valence-corrected chi connectivity index (χ0v) is 22.6. The third-order valence-electron chi connectivity index (χ3n) is 6.66. The fraction of sp³-hybridized carbons (Fsp3) is 0.241. The van der Waals surface area contributed by atoms with E-state index in [2.05, 4.69) is 10.3 Å². The van der Waals surface area contributed by atoms with Crippen molar-refractivity contribution in [3.63, 3.8) is 0 Å². The first-order valence-corrected chi connectivity index (χ1v) is 13.2. The van der Waals surface area contributed by atoms with Crippen molar-refractivity contribution in [3.8, 4) is 11.5 Å². The Labute approximate surface area is 235 Å². The van der Waals surface area contributed by atoms with Crippen LogP contribution >= 0.6 is 23.2 Å². The minimum atomic E-state index is -0.368. The maximum atomic E-state index is 13.1. The molecule has 1 atom stereocenters. The highest BCUT2D eigenvalue weighted by Crippen LogP contribution is 2.38. The largest absolute Gasteiger partial charge is 0.493 e.